The number of hydrogen-bond acceptors (Lipinski definition) is 5. The van der Waals surface area contributed by atoms with Crippen molar-refractivity contribution in [3.05, 3.63) is 63.7 Å². The van der Waals surface area contributed by atoms with E-state index in [0.29, 0.717) is 42.2 Å². The number of anilines is 1. The number of carboxylic acids is 1. The van der Waals surface area contributed by atoms with Gasteiger partial charge in [0.15, 0.2) is 11.5 Å². The fourth-order valence-corrected chi connectivity index (χ4v) is 3.56. The topological polar surface area (TPSA) is 81.0 Å². The van der Waals surface area contributed by atoms with E-state index in [4.69, 9.17) is 9.47 Å². The van der Waals surface area contributed by atoms with Crippen LogP contribution in [0.4, 0.5) is 10.1 Å². The quantitative estimate of drug-likeness (QED) is 0.591. The number of rotatable bonds is 8. The van der Waals surface area contributed by atoms with Crippen molar-refractivity contribution in [1.82, 2.24) is 4.57 Å². The minimum Gasteiger partial charge on any atom is -0.493 e. The summed E-state index contributed by atoms with van der Waals surface area (Å²) in [5.41, 5.74) is 0.765. The summed E-state index contributed by atoms with van der Waals surface area (Å²) in [6.45, 7) is 2.79. The molecule has 2 aromatic carbocycles. The Morgan fingerprint density at radius 1 is 1.16 bits per heavy atom. The van der Waals surface area contributed by atoms with Gasteiger partial charge in [-0.25, -0.2) is 9.18 Å². The van der Waals surface area contributed by atoms with E-state index in [0.717, 1.165) is 11.6 Å². The Balaban J connectivity index is 1.93. The third-order valence-electron chi connectivity index (χ3n) is 5.31. The lowest BCUT2D eigenvalue weighted by atomic mass is 10.1. The molecule has 0 aliphatic heterocycles. The molecule has 3 rings (SSSR count). The Morgan fingerprint density at radius 2 is 1.87 bits per heavy atom. The minimum absolute atomic E-state index is 0.0521. The van der Waals surface area contributed by atoms with E-state index in [-0.39, 0.29) is 10.9 Å². The number of methoxy groups -OCH3 is 2. The largest absolute Gasteiger partial charge is 0.493 e. The number of nitrogens with zero attached hydrogens (tertiary/aromatic N) is 2. The number of aromatic carboxylic acids is 1. The van der Waals surface area contributed by atoms with Crippen molar-refractivity contribution in [3.8, 4) is 11.5 Å². The lowest BCUT2D eigenvalue weighted by Crippen LogP contribution is -2.23. The summed E-state index contributed by atoms with van der Waals surface area (Å²) in [6.07, 6.45) is 1.94. The van der Waals surface area contributed by atoms with E-state index in [2.05, 4.69) is 0 Å². The average Bonchev–Trinajstić information content (AvgIpc) is 2.77. The second kappa shape index (κ2) is 9.07. The zero-order chi connectivity index (χ0) is 22.7. The molecule has 0 fully saturated rings. The van der Waals surface area contributed by atoms with E-state index in [9.17, 15) is 19.1 Å². The van der Waals surface area contributed by atoms with E-state index < -0.39 is 17.2 Å². The van der Waals surface area contributed by atoms with Crippen LogP contribution in [0.5, 0.6) is 11.5 Å². The first-order chi connectivity index (χ1) is 14.8. The first kappa shape index (κ1) is 22.1. The number of aryl methyl sites for hydroxylation is 1. The molecule has 0 atom stereocenters. The summed E-state index contributed by atoms with van der Waals surface area (Å²) in [5.74, 6) is -0.644. The van der Waals surface area contributed by atoms with Crippen LogP contribution in [-0.2, 0) is 13.0 Å². The molecule has 0 aliphatic carbocycles. The third kappa shape index (κ3) is 4.33. The molecule has 0 saturated carbocycles. The van der Waals surface area contributed by atoms with Crippen LogP contribution in [-0.4, -0.2) is 43.5 Å². The zero-order valence-corrected chi connectivity index (χ0v) is 17.9. The highest BCUT2D eigenvalue weighted by atomic mass is 19.1. The van der Waals surface area contributed by atoms with Gasteiger partial charge in [-0.3, -0.25) is 4.79 Å². The van der Waals surface area contributed by atoms with Gasteiger partial charge in [0.2, 0.25) is 5.43 Å². The van der Waals surface area contributed by atoms with Gasteiger partial charge < -0.3 is 24.0 Å². The molecule has 0 unspecified atom stereocenters. The van der Waals surface area contributed by atoms with Crippen LogP contribution in [0.15, 0.2) is 41.3 Å². The lowest BCUT2D eigenvalue weighted by molar-refractivity contribution is 0.0695. The Hall–Kier alpha value is -3.55. The highest BCUT2D eigenvalue weighted by Crippen LogP contribution is 2.29. The standard InChI is InChI=1S/C23H25FN2O5/c1-5-26-13-16(23(28)29)22(27)15-11-17(24)19(12-18(15)26)25(2)9-8-14-6-7-20(30-3)21(10-14)31-4/h6-7,10-13H,5,8-9H2,1-4H3,(H,28,29). The highest BCUT2D eigenvalue weighted by Gasteiger charge is 2.18. The van der Waals surface area contributed by atoms with Crippen molar-refractivity contribution in [2.24, 2.45) is 0 Å². The van der Waals surface area contributed by atoms with Crippen LogP contribution in [0.2, 0.25) is 0 Å². The number of aromatic nitrogens is 1. The first-order valence-corrected chi connectivity index (χ1v) is 9.82. The molecule has 164 valence electrons. The normalized spacial score (nSPS) is 10.9. The maximum atomic E-state index is 14.9. The van der Waals surface area contributed by atoms with Gasteiger partial charge in [0.1, 0.15) is 11.4 Å². The summed E-state index contributed by atoms with van der Waals surface area (Å²) >= 11 is 0. The molecule has 0 saturated heterocycles. The number of likely N-dealkylation sites (N-methyl/N-ethyl adjacent to an activating group) is 1. The van der Waals surface area contributed by atoms with Crippen molar-refractivity contribution in [1.29, 1.82) is 0 Å². The monoisotopic (exact) mass is 428 g/mol. The molecule has 31 heavy (non-hydrogen) atoms. The van der Waals surface area contributed by atoms with Gasteiger partial charge in [-0.05, 0) is 43.2 Å². The Bertz CT molecular complexity index is 1190. The summed E-state index contributed by atoms with van der Waals surface area (Å²) in [6, 6.07) is 8.35. The van der Waals surface area contributed by atoms with Crippen molar-refractivity contribution in [3.63, 3.8) is 0 Å². The maximum Gasteiger partial charge on any atom is 0.341 e. The second-order valence-electron chi connectivity index (χ2n) is 7.14. The van der Waals surface area contributed by atoms with Crippen LogP contribution in [0.3, 0.4) is 0 Å². The van der Waals surface area contributed by atoms with Gasteiger partial charge in [-0.1, -0.05) is 6.07 Å². The minimum atomic E-state index is -1.33. The van der Waals surface area contributed by atoms with Crippen LogP contribution in [0, 0.1) is 5.82 Å². The summed E-state index contributed by atoms with van der Waals surface area (Å²) in [4.78, 5) is 25.6. The van der Waals surface area contributed by atoms with E-state index in [1.807, 2.05) is 25.1 Å². The Morgan fingerprint density at radius 3 is 2.48 bits per heavy atom. The SMILES string of the molecule is CCn1cc(C(=O)O)c(=O)c2cc(F)c(N(C)CCc3ccc(OC)c(OC)c3)cc21. The van der Waals surface area contributed by atoms with E-state index >= 15 is 0 Å². The smallest absolute Gasteiger partial charge is 0.341 e. The average molecular weight is 428 g/mol. The zero-order valence-electron chi connectivity index (χ0n) is 17.9. The van der Waals surface area contributed by atoms with Gasteiger partial charge in [-0.2, -0.15) is 0 Å². The summed E-state index contributed by atoms with van der Waals surface area (Å²) in [5, 5.41) is 9.33. The molecular weight excluding hydrogens is 403 g/mol. The number of carbonyl (C=O) groups is 1. The third-order valence-corrected chi connectivity index (χ3v) is 5.31. The maximum absolute atomic E-state index is 14.9. The van der Waals surface area contributed by atoms with Gasteiger partial charge in [0.25, 0.3) is 0 Å². The Kier molecular flexibility index (Phi) is 6.48. The molecule has 1 aromatic heterocycles. The Labute approximate surface area is 179 Å². The van der Waals surface area contributed by atoms with Crippen molar-refractivity contribution >= 4 is 22.6 Å². The van der Waals surface area contributed by atoms with Crippen molar-refractivity contribution in [2.75, 3.05) is 32.7 Å². The molecular formula is C23H25FN2O5. The summed E-state index contributed by atoms with van der Waals surface area (Å²) < 4.78 is 27.1. The van der Waals surface area contributed by atoms with Crippen LogP contribution >= 0.6 is 0 Å². The van der Waals surface area contributed by atoms with Gasteiger partial charge in [0.05, 0.1) is 25.4 Å². The molecule has 1 heterocycles. The molecule has 0 bridgehead atoms. The fraction of sp³-hybridized carbons (Fsp3) is 0.304. The number of halogens is 1. The van der Waals surface area contributed by atoms with E-state index in [1.165, 1.54) is 6.20 Å². The fourth-order valence-electron chi connectivity index (χ4n) is 3.56. The number of hydrogen-bond donors (Lipinski definition) is 1. The molecule has 0 amide bonds. The number of fused-ring (bicyclic) bond motifs is 1. The number of carboxylic acid groups (broad SMARTS) is 1. The van der Waals surface area contributed by atoms with Gasteiger partial charge in [0, 0.05) is 31.7 Å². The van der Waals surface area contributed by atoms with Gasteiger partial charge in [-0.15, -0.1) is 0 Å². The number of pyridine rings is 1. The summed E-state index contributed by atoms with van der Waals surface area (Å²) in [7, 11) is 4.91. The van der Waals surface area contributed by atoms with Crippen LogP contribution < -0.4 is 19.8 Å². The lowest BCUT2D eigenvalue weighted by Gasteiger charge is -2.22. The second-order valence-corrected chi connectivity index (χ2v) is 7.14. The van der Waals surface area contributed by atoms with Crippen LogP contribution in [0.1, 0.15) is 22.8 Å². The molecule has 8 heteroatoms. The predicted molar refractivity (Wildman–Crippen MR) is 117 cm³/mol. The molecule has 3 aromatic rings. The number of benzene rings is 2. The molecule has 0 radical (unpaired) electrons. The highest BCUT2D eigenvalue weighted by molar-refractivity contribution is 5.93. The predicted octanol–water partition coefficient (Wildman–Crippen LogP) is 3.55. The van der Waals surface area contributed by atoms with Gasteiger partial charge >= 0.3 is 5.97 Å². The molecule has 1 N–H and O–H groups in total. The van der Waals surface area contributed by atoms with E-state index in [1.54, 1.807) is 36.8 Å². The first-order valence-electron chi connectivity index (χ1n) is 9.82. The molecule has 7 nitrogen and oxygen atoms in total. The van der Waals surface area contributed by atoms with Crippen LogP contribution in [0.25, 0.3) is 10.9 Å². The molecule has 0 aliphatic rings. The van der Waals surface area contributed by atoms with Crippen molar-refractivity contribution < 1.29 is 23.8 Å². The number of ether oxygens (including phenoxy) is 2. The van der Waals surface area contributed by atoms with Crippen molar-refractivity contribution in [2.45, 2.75) is 19.9 Å². The molecule has 0 spiro atoms.